The van der Waals surface area contributed by atoms with Gasteiger partial charge in [0.25, 0.3) is 0 Å². The van der Waals surface area contributed by atoms with E-state index in [1.165, 1.54) is 0 Å². The van der Waals surface area contributed by atoms with Gasteiger partial charge in [-0.25, -0.2) is 0 Å². The minimum atomic E-state index is -0.0933. The molecule has 0 fully saturated rings. The molecule has 0 saturated carbocycles. The van der Waals surface area contributed by atoms with Crippen LogP contribution in [0.25, 0.3) is 6.08 Å². The van der Waals surface area contributed by atoms with Gasteiger partial charge in [0.05, 0.1) is 11.3 Å². The molecule has 0 heterocycles. The van der Waals surface area contributed by atoms with Gasteiger partial charge in [-0.15, -0.1) is 0 Å². The third-order valence-electron chi connectivity index (χ3n) is 3.82. The minimum absolute atomic E-state index is 0.00587. The fourth-order valence-corrected chi connectivity index (χ4v) is 2.65. The highest BCUT2D eigenvalue weighted by molar-refractivity contribution is 6.23. The van der Waals surface area contributed by atoms with Gasteiger partial charge in [0.2, 0.25) is 0 Å². The number of aliphatic hydroxyl groups excluding tert-OH is 1. The molecule has 1 aliphatic carbocycles. The number of nitrogens with zero attached hydrogens (tertiary/aromatic N) is 1. The molecule has 1 unspecified atom stereocenters. The summed E-state index contributed by atoms with van der Waals surface area (Å²) in [6.07, 6.45) is 6.87. The quantitative estimate of drug-likeness (QED) is 0.348. The summed E-state index contributed by atoms with van der Waals surface area (Å²) in [7, 11) is 0. The number of rotatable bonds is 7. The summed E-state index contributed by atoms with van der Waals surface area (Å²) in [5, 5.41) is 14.3. The van der Waals surface area contributed by atoms with Crippen LogP contribution in [0.2, 0.25) is 0 Å². The first kappa shape index (κ1) is 17.7. The van der Waals surface area contributed by atoms with E-state index in [4.69, 9.17) is 4.84 Å². The molecule has 4 heteroatoms. The van der Waals surface area contributed by atoms with Gasteiger partial charge < -0.3 is 9.94 Å². The zero-order chi connectivity index (χ0) is 17.4. The highest BCUT2D eigenvalue weighted by Crippen LogP contribution is 2.28. The van der Waals surface area contributed by atoms with Crippen LogP contribution >= 0.6 is 0 Å². The number of aliphatic hydroxyl groups is 1. The van der Waals surface area contributed by atoms with Crippen LogP contribution in [0, 0.1) is 5.92 Å². The van der Waals surface area contributed by atoms with Crippen LogP contribution in [0.4, 0.5) is 0 Å². The molecule has 24 heavy (non-hydrogen) atoms. The van der Waals surface area contributed by atoms with E-state index >= 15 is 0 Å². The topological polar surface area (TPSA) is 58.9 Å². The van der Waals surface area contributed by atoms with Crippen molar-refractivity contribution in [2.45, 2.75) is 26.2 Å². The van der Waals surface area contributed by atoms with E-state index in [1.807, 2.05) is 49.4 Å². The van der Waals surface area contributed by atoms with Gasteiger partial charge in [-0.3, -0.25) is 4.79 Å². The van der Waals surface area contributed by atoms with E-state index < -0.39 is 0 Å². The average molecular weight is 325 g/mol. The molecule has 1 aliphatic rings. The van der Waals surface area contributed by atoms with Gasteiger partial charge in [-0.2, -0.15) is 0 Å². The maximum atomic E-state index is 12.5. The summed E-state index contributed by atoms with van der Waals surface area (Å²) in [6, 6.07) is 9.90. The Morgan fingerprint density at radius 3 is 2.75 bits per heavy atom. The number of benzene rings is 1. The predicted molar refractivity (Wildman–Crippen MR) is 96.7 cm³/mol. The second kappa shape index (κ2) is 8.87. The summed E-state index contributed by atoms with van der Waals surface area (Å²) in [5.74, 6) is -0.00492. The highest BCUT2D eigenvalue weighted by Gasteiger charge is 2.29. The number of carbonyl (C=O) groups excluding carboxylic acids is 1. The first-order valence-corrected chi connectivity index (χ1v) is 8.14. The Kier molecular flexibility index (Phi) is 6.55. The molecule has 0 bridgehead atoms. The average Bonchev–Trinajstić information content (AvgIpc) is 2.59. The Labute approximate surface area is 142 Å². The molecule has 0 aliphatic heterocycles. The largest absolute Gasteiger partial charge is 0.511 e. The highest BCUT2D eigenvalue weighted by atomic mass is 16.6. The molecule has 2 rings (SSSR count). The van der Waals surface area contributed by atoms with Crippen molar-refractivity contribution in [3.63, 3.8) is 0 Å². The predicted octanol–water partition coefficient (Wildman–Crippen LogP) is 4.46. The van der Waals surface area contributed by atoms with Crippen molar-refractivity contribution in [1.82, 2.24) is 0 Å². The Morgan fingerprint density at radius 2 is 2.12 bits per heavy atom. The van der Waals surface area contributed by atoms with Gasteiger partial charge in [-0.05, 0) is 17.9 Å². The van der Waals surface area contributed by atoms with Gasteiger partial charge in [0.15, 0.2) is 5.78 Å². The number of ketones is 1. The van der Waals surface area contributed by atoms with E-state index in [2.05, 4.69) is 11.7 Å². The van der Waals surface area contributed by atoms with E-state index in [1.54, 1.807) is 6.08 Å². The SMILES string of the molecule is C=CCON=C(CC)C1=C(O)CC(C=Cc2ccccc2)CC1=O. The number of Topliss-reactive ketones (excluding diaryl/α,β-unsaturated/α-hetero) is 1. The van der Waals surface area contributed by atoms with Crippen molar-refractivity contribution in [3.8, 4) is 0 Å². The second-order valence-corrected chi connectivity index (χ2v) is 5.66. The van der Waals surface area contributed by atoms with Crippen molar-refractivity contribution in [3.05, 3.63) is 66.0 Å². The zero-order valence-corrected chi connectivity index (χ0v) is 13.9. The number of carbonyl (C=O) groups is 1. The van der Waals surface area contributed by atoms with Gasteiger partial charge in [0, 0.05) is 12.8 Å². The van der Waals surface area contributed by atoms with Gasteiger partial charge >= 0.3 is 0 Å². The normalized spacial score (nSPS) is 19.0. The Hall–Kier alpha value is -2.62. The maximum absolute atomic E-state index is 12.5. The van der Waals surface area contributed by atoms with Crippen LogP contribution in [-0.2, 0) is 9.63 Å². The molecule has 1 aromatic carbocycles. The van der Waals surface area contributed by atoms with Crippen LogP contribution in [0.15, 0.2) is 65.6 Å². The summed E-state index contributed by atoms with van der Waals surface area (Å²) >= 11 is 0. The van der Waals surface area contributed by atoms with Crippen molar-refractivity contribution in [2.24, 2.45) is 11.1 Å². The number of allylic oxidation sites excluding steroid dienone is 3. The van der Waals surface area contributed by atoms with Crippen molar-refractivity contribution >= 4 is 17.6 Å². The minimum Gasteiger partial charge on any atom is -0.511 e. The third kappa shape index (κ3) is 4.69. The van der Waals surface area contributed by atoms with Gasteiger partial charge in [0.1, 0.15) is 12.4 Å². The molecule has 0 saturated heterocycles. The third-order valence-corrected chi connectivity index (χ3v) is 3.82. The zero-order valence-electron chi connectivity index (χ0n) is 13.9. The fraction of sp³-hybridized carbons (Fsp3) is 0.300. The molecule has 0 aromatic heterocycles. The summed E-state index contributed by atoms with van der Waals surface area (Å²) in [4.78, 5) is 17.5. The van der Waals surface area contributed by atoms with Gasteiger partial charge in [-0.1, -0.05) is 67.2 Å². The lowest BCUT2D eigenvalue weighted by molar-refractivity contribution is -0.116. The standard InChI is InChI=1S/C20H23NO3/c1-3-12-24-21-17(4-2)20-18(22)13-16(14-19(20)23)11-10-15-8-6-5-7-9-15/h3,5-11,16,22H,1,4,12-14H2,2H3. The first-order chi connectivity index (χ1) is 11.7. The molecule has 1 N–H and O–H groups in total. The maximum Gasteiger partial charge on any atom is 0.168 e. The number of hydrogen-bond donors (Lipinski definition) is 1. The van der Waals surface area contributed by atoms with E-state index in [9.17, 15) is 9.90 Å². The van der Waals surface area contributed by atoms with Crippen molar-refractivity contribution in [2.75, 3.05) is 6.61 Å². The van der Waals surface area contributed by atoms with Crippen LogP contribution in [0.1, 0.15) is 31.7 Å². The number of oxime groups is 1. The lowest BCUT2D eigenvalue weighted by atomic mass is 9.84. The van der Waals surface area contributed by atoms with Crippen molar-refractivity contribution < 1.29 is 14.7 Å². The second-order valence-electron chi connectivity index (χ2n) is 5.66. The summed E-state index contributed by atoms with van der Waals surface area (Å²) in [6.45, 7) is 5.70. The lowest BCUT2D eigenvalue weighted by Gasteiger charge is -2.21. The molecule has 0 spiro atoms. The van der Waals surface area contributed by atoms with Crippen LogP contribution in [0.5, 0.6) is 0 Å². The van der Waals surface area contributed by atoms with E-state index in [0.29, 0.717) is 30.5 Å². The Morgan fingerprint density at radius 1 is 1.38 bits per heavy atom. The molecule has 0 radical (unpaired) electrons. The smallest absolute Gasteiger partial charge is 0.168 e. The molecule has 0 amide bonds. The van der Waals surface area contributed by atoms with E-state index in [0.717, 1.165) is 5.56 Å². The Balaban J connectivity index is 2.13. The molecule has 1 atom stereocenters. The first-order valence-electron chi connectivity index (χ1n) is 8.14. The summed E-state index contributed by atoms with van der Waals surface area (Å²) in [5.41, 5.74) is 1.88. The van der Waals surface area contributed by atoms with Crippen LogP contribution in [0.3, 0.4) is 0 Å². The Bertz CT molecular complexity index is 671. The molecular formula is C20H23NO3. The van der Waals surface area contributed by atoms with Crippen LogP contribution in [-0.4, -0.2) is 23.2 Å². The lowest BCUT2D eigenvalue weighted by Crippen LogP contribution is -2.23. The molecule has 126 valence electrons. The monoisotopic (exact) mass is 325 g/mol. The van der Waals surface area contributed by atoms with Crippen molar-refractivity contribution in [1.29, 1.82) is 0 Å². The molecule has 4 nitrogen and oxygen atoms in total. The van der Waals surface area contributed by atoms with Crippen LogP contribution < -0.4 is 0 Å². The molecular weight excluding hydrogens is 302 g/mol. The van der Waals surface area contributed by atoms with E-state index in [-0.39, 0.29) is 24.1 Å². The molecule has 1 aromatic rings. The summed E-state index contributed by atoms with van der Waals surface area (Å²) < 4.78 is 0. The number of hydrogen-bond acceptors (Lipinski definition) is 4. The fourth-order valence-electron chi connectivity index (χ4n) is 2.65.